The van der Waals surface area contributed by atoms with Crippen LogP contribution in [0.25, 0.3) is 0 Å². The van der Waals surface area contributed by atoms with Crippen LogP contribution in [0.4, 0.5) is 0 Å². The number of hydrogen-bond acceptors (Lipinski definition) is 5. The summed E-state index contributed by atoms with van der Waals surface area (Å²) in [7, 11) is 0. The van der Waals surface area contributed by atoms with Crippen LogP contribution in [0.2, 0.25) is 0 Å². The summed E-state index contributed by atoms with van der Waals surface area (Å²) in [4.78, 5) is 12.9. The zero-order valence-electron chi connectivity index (χ0n) is 11.3. The van der Waals surface area contributed by atoms with E-state index in [0.717, 1.165) is 22.8 Å². The minimum Gasteiger partial charge on any atom is -0.454 e. The molecule has 0 saturated carbocycles. The molecule has 3 rings (SSSR count). The van der Waals surface area contributed by atoms with Gasteiger partial charge in [-0.05, 0) is 29.1 Å². The molecule has 0 aliphatic carbocycles. The van der Waals surface area contributed by atoms with Crippen molar-refractivity contribution in [1.82, 2.24) is 5.32 Å². The molecule has 0 saturated heterocycles. The highest BCUT2D eigenvalue weighted by Crippen LogP contribution is 2.33. The Morgan fingerprint density at radius 2 is 2.19 bits per heavy atom. The van der Waals surface area contributed by atoms with Gasteiger partial charge in [-0.1, -0.05) is 12.1 Å². The summed E-state index contributed by atoms with van der Waals surface area (Å²) in [5.74, 6) is 2.88. The lowest BCUT2D eigenvalue weighted by Gasteiger charge is -2.05. The lowest BCUT2D eigenvalue weighted by Crippen LogP contribution is -2.24. The third kappa shape index (κ3) is 3.92. The van der Waals surface area contributed by atoms with E-state index in [-0.39, 0.29) is 12.7 Å². The van der Waals surface area contributed by atoms with Crippen LogP contribution in [0.1, 0.15) is 10.4 Å². The fourth-order valence-electron chi connectivity index (χ4n) is 1.94. The van der Waals surface area contributed by atoms with E-state index in [1.807, 2.05) is 35.7 Å². The summed E-state index contributed by atoms with van der Waals surface area (Å²) in [5.41, 5.74) is 1.13. The Morgan fingerprint density at radius 1 is 1.29 bits per heavy atom. The fourth-order valence-corrected chi connectivity index (χ4v) is 3.39. The first-order valence-electron chi connectivity index (χ1n) is 6.56. The highest BCUT2D eigenvalue weighted by molar-refractivity contribution is 7.99. The molecule has 1 amide bonds. The predicted molar refractivity (Wildman–Crippen MR) is 84.9 cm³/mol. The Morgan fingerprint density at radius 3 is 3.05 bits per heavy atom. The smallest absolute Gasteiger partial charge is 0.231 e. The molecule has 0 unspecified atom stereocenters. The van der Waals surface area contributed by atoms with Gasteiger partial charge in [0.15, 0.2) is 11.5 Å². The Labute approximate surface area is 131 Å². The summed E-state index contributed by atoms with van der Waals surface area (Å²) in [6, 6.07) is 9.89. The van der Waals surface area contributed by atoms with Crippen LogP contribution in [0.3, 0.4) is 0 Å². The normalized spacial score (nSPS) is 12.4. The molecule has 0 spiro atoms. The van der Waals surface area contributed by atoms with Crippen molar-refractivity contribution in [2.75, 3.05) is 12.5 Å². The summed E-state index contributed by atoms with van der Waals surface area (Å²) >= 11 is 3.24. The third-order valence-corrected chi connectivity index (χ3v) is 4.86. The second-order valence-corrected chi connectivity index (χ2v) is 6.55. The Balaban J connectivity index is 1.40. The first-order valence-corrected chi connectivity index (χ1v) is 8.60. The molecule has 110 valence electrons. The van der Waals surface area contributed by atoms with Crippen LogP contribution in [-0.2, 0) is 17.1 Å². The second-order valence-electron chi connectivity index (χ2n) is 4.54. The van der Waals surface area contributed by atoms with Crippen LogP contribution in [-0.4, -0.2) is 18.5 Å². The Hall–Kier alpha value is -1.66. The number of thiophene rings is 1. The minimum atomic E-state index is 0.0640. The largest absolute Gasteiger partial charge is 0.454 e. The average molecular weight is 321 g/mol. The average Bonchev–Trinajstić information content (AvgIpc) is 3.16. The third-order valence-electron chi connectivity index (χ3n) is 2.98. The van der Waals surface area contributed by atoms with E-state index in [4.69, 9.17) is 9.47 Å². The number of hydrogen-bond donors (Lipinski definition) is 1. The maximum atomic E-state index is 11.7. The Bertz CT molecular complexity index is 613. The zero-order chi connectivity index (χ0) is 14.5. The van der Waals surface area contributed by atoms with Gasteiger partial charge in [-0.3, -0.25) is 4.79 Å². The number of amides is 1. The number of nitrogens with one attached hydrogen (secondary N) is 1. The first kappa shape index (κ1) is 14.3. The SMILES string of the molecule is O=C(CSCc1ccc2c(c1)OCO2)NCc1cccs1. The highest BCUT2D eigenvalue weighted by atomic mass is 32.2. The van der Waals surface area contributed by atoms with Crippen molar-refractivity contribution in [3.63, 3.8) is 0 Å². The van der Waals surface area contributed by atoms with Crippen LogP contribution in [0, 0.1) is 0 Å². The second kappa shape index (κ2) is 6.87. The number of thioether (sulfide) groups is 1. The molecule has 4 nitrogen and oxygen atoms in total. The number of carbonyl (C=O) groups excluding carboxylic acids is 1. The maximum Gasteiger partial charge on any atom is 0.231 e. The maximum absolute atomic E-state index is 11.7. The molecular formula is C15H15NO3S2. The topological polar surface area (TPSA) is 47.6 Å². The quantitative estimate of drug-likeness (QED) is 0.888. The van der Waals surface area contributed by atoms with Gasteiger partial charge in [0, 0.05) is 10.6 Å². The van der Waals surface area contributed by atoms with E-state index < -0.39 is 0 Å². The Kier molecular flexibility index (Phi) is 4.67. The van der Waals surface area contributed by atoms with Crippen LogP contribution >= 0.6 is 23.1 Å². The van der Waals surface area contributed by atoms with E-state index >= 15 is 0 Å². The van der Waals surface area contributed by atoms with Crippen molar-refractivity contribution in [3.8, 4) is 11.5 Å². The van der Waals surface area contributed by atoms with E-state index in [1.165, 1.54) is 4.88 Å². The molecule has 1 aromatic heterocycles. The van der Waals surface area contributed by atoms with Gasteiger partial charge in [-0.15, -0.1) is 23.1 Å². The van der Waals surface area contributed by atoms with E-state index in [1.54, 1.807) is 23.1 Å². The van der Waals surface area contributed by atoms with Crippen molar-refractivity contribution in [2.45, 2.75) is 12.3 Å². The van der Waals surface area contributed by atoms with Crippen molar-refractivity contribution in [2.24, 2.45) is 0 Å². The van der Waals surface area contributed by atoms with Gasteiger partial charge in [0.25, 0.3) is 0 Å². The molecular weight excluding hydrogens is 306 g/mol. The van der Waals surface area contributed by atoms with Crippen molar-refractivity contribution >= 4 is 29.0 Å². The van der Waals surface area contributed by atoms with E-state index in [9.17, 15) is 4.79 Å². The number of rotatable bonds is 6. The van der Waals surface area contributed by atoms with Crippen LogP contribution < -0.4 is 14.8 Å². The van der Waals surface area contributed by atoms with Crippen LogP contribution in [0.5, 0.6) is 11.5 Å². The molecule has 0 radical (unpaired) electrons. The van der Waals surface area contributed by atoms with Crippen LogP contribution in [0.15, 0.2) is 35.7 Å². The summed E-state index contributed by atoms with van der Waals surface area (Å²) in [6.07, 6.45) is 0. The molecule has 1 aliphatic rings. The lowest BCUT2D eigenvalue weighted by atomic mass is 10.2. The monoisotopic (exact) mass is 321 g/mol. The molecule has 2 aromatic rings. The van der Waals surface area contributed by atoms with Gasteiger partial charge in [-0.25, -0.2) is 0 Å². The first-order chi connectivity index (χ1) is 10.3. The van der Waals surface area contributed by atoms with E-state index in [0.29, 0.717) is 12.3 Å². The molecule has 1 N–H and O–H groups in total. The van der Waals surface area contributed by atoms with Gasteiger partial charge in [0.2, 0.25) is 12.7 Å². The van der Waals surface area contributed by atoms with E-state index in [2.05, 4.69) is 5.32 Å². The molecule has 0 atom stereocenters. The molecule has 0 fully saturated rings. The molecule has 21 heavy (non-hydrogen) atoms. The van der Waals surface area contributed by atoms with Gasteiger partial charge in [-0.2, -0.15) is 0 Å². The molecule has 6 heteroatoms. The van der Waals surface area contributed by atoms with Gasteiger partial charge >= 0.3 is 0 Å². The number of benzene rings is 1. The van der Waals surface area contributed by atoms with Gasteiger partial charge in [0.1, 0.15) is 0 Å². The molecule has 1 aromatic carbocycles. The minimum absolute atomic E-state index is 0.0640. The highest BCUT2D eigenvalue weighted by Gasteiger charge is 2.13. The number of fused-ring (bicyclic) bond motifs is 1. The number of carbonyl (C=O) groups is 1. The van der Waals surface area contributed by atoms with Gasteiger partial charge in [0.05, 0.1) is 12.3 Å². The van der Waals surface area contributed by atoms with Gasteiger partial charge < -0.3 is 14.8 Å². The number of ether oxygens (including phenoxy) is 2. The van der Waals surface area contributed by atoms with Crippen molar-refractivity contribution in [1.29, 1.82) is 0 Å². The van der Waals surface area contributed by atoms with Crippen molar-refractivity contribution < 1.29 is 14.3 Å². The standard InChI is InChI=1S/C15H15NO3S2/c17-15(16-7-12-2-1-5-21-12)9-20-8-11-3-4-13-14(6-11)19-10-18-13/h1-6H,7-10H2,(H,16,17). The fraction of sp³-hybridized carbons (Fsp3) is 0.267. The molecule has 0 bridgehead atoms. The molecule has 1 aliphatic heterocycles. The summed E-state index contributed by atoms with van der Waals surface area (Å²) < 4.78 is 10.6. The zero-order valence-corrected chi connectivity index (χ0v) is 13.0. The summed E-state index contributed by atoms with van der Waals surface area (Å²) in [5, 5.41) is 4.93. The molecule has 2 heterocycles. The lowest BCUT2D eigenvalue weighted by molar-refractivity contribution is -0.118. The predicted octanol–water partition coefficient (Wildman–Crippen LogP) is 3.03. The summed E-state index contributed by atoms with van der Waals surface area (Å²) in [6.45, 7) is 0.901. The van der Waals surface area contributed by atoms with Crippen molar-refractivity contribution in [3.05, 3.63) is 46.2 Å².